The number of nitrogens with one attached hydrogen (secondary N) is 1. The Morgan fingerprint density at radius 3 is 2.68 bits per heavy atom. The van der Waals surface area contributed by atoms with Crippen molar-refractivity contribution in [3.63, 3.8) is 0 Å². The van der Waals surface area contributed by atoms with E-state index in [0.717, 1.165) is 55.7 Å². The number of nitriles is 1. The summed E-state index contributed by atoms with van der Waals surface area (Å²) in [4.78, 5) is 13.4. The lowest BCUT2D eigenvalue weighted by Crippen LogP contribution is -2.09. The topological polar surface area (TPSA) is 92.3 Å². The Balaban J connectivity index is 1.38. The lowest BCUT2D eigenvalue weighted by molar-refractivity contribution is 0.873. The maximum Gasteiger partial charge on any atom is 0.143 e. The van der Waals surface area contributed by atoms with Crippen LogP contribution in [0.4, 0.5) is 5.82 Å². The molecule has 0 radical (unpaired) electrons. The zero-order chi connectivity index (χ0) is 25.2. The molecular formula is C30H23N7. The molecule has 0 saturated carbocycles. The molecule has 6 aromatic rings. The van der Waals surface area contributed by atoms with Crippen molar-refractivity contribution < 1.29 is 0 Å². The predicted molar refractivity (Wildman–Crippen MR) is 145 cm³/mol. The maximum atomic E-state index is 9.64. The fraction of sp³-hybridized carbons (Fsp3) is 0.100. The van der Waals surface area contributed by atoms with Crippen LogP contribution in [0.15, 0.2) is 91.4 Å². The highest BCUT2D eigenvalue weighted by molar-refractivity contribution is 5.99. The van der Waals surface area contributed by atoms with Gasteiger partial charge in [0.25, 0.3) is 0 Å². The first kappa shape index (κ1) is 22.4. The number of para-hydroxylation sites is 1. The van der Waals surface area contributed by atoms with Crippen LogP contribution in [0.25, 0.3) is 38.6 Å². The van der Waals surface area contributed by atoms with Gasteiger partial charge in [0.05, 0.1) is 28.6 Å². The molecule has 0 unspecified atom stereocenters. The molecule has 4 heterocycles. The van der Waals surface area contributed by atoms with E-state index in [4.69, 9.17) is 5.10 Å². The molecule has 0 spiro atoms. The van der Waals surface area contributed by atoms with Gasteiger partial charge >= 0.3 is 0 Å². The van der Waals surface area contributed by atoms with Gasteiger partial charge in [-0.05, 0) is 60.9 Å². The van der Waals surface area contributed by atoms with Crippen molar-refractivity contribution in [3.05, 3.63) is 108 Å². The fourth-order valence-corrected chi connectivity index (χ4v) is 4.70. The molecule has 7 heteroatoms. The summed E-state index contributed by atoms with van der Waals surface area (Å²) in [6.45, 7) is 2.65. The van der Waals surface area contributed by atoms with Gasteiger partial charge in [0.2, 0.25) is 0 Å². The van der Waals surface area contributed by atoms with Gasteiger partial charge in [0.1, 0.15) is 17.6 Å². The second-order valence-corrected chi connectivity index (χ2v) is 8.82. The molecule has 0 aliphatic rings. The van der Waals surface area contributed by atoms with Crippen molar-refractivity contribution in [2.75, 3.05) is 11.9 Å². The fourth-order valence-electron chi connectivity index (χ4n) is 4.70. The van der Waals surface area contributed by atoms with E-state index < -0.39 is 0 Å². The van der Waals surface area contributed by atoms with Crippen molar-refractivity contribution in [2.24, 2.45) is 0 Å². The number of nitrogens with zero attached hydrogens (tertiary/aromatic N) is 6. The summed E-state index contributed by atoms with van der Waals surface area (Å²) in [7, 11) is 0. The molecule has 7 nitrogen and oxygen atoms in total. The summed E-state index contributed by atoms with van der Waals surface area (Å²) >= 11 is 0. The largest absolute Gasteiger partial charge is 0.370 e. The lowest BCUT2D eigenvalue weighted by Gasteiger charge is -2.10. The standard InChI is InChI=1S/C30H23N7/c1-20-30-25(23-15-21-7-2-3-9-26(21)34-18-23)8-6-10-28(30)37(36-20)24-16-22(27(17-31)35-19-24)12-14-33-29-11-4-5-13-32-29/h2-11,13,15-16,18-19H,12,14H2,1H3,(H,32,33). The van der Waals surface area contributed by atoms with Crippen LogP contribution in [0.3, 0.4) is 0 Å². The zero-order valence-electron chi connectivity index (χ0n) is 20.3. The van der Waals surface area contributed by atoms with Gasteiger partial charge in [-0.15, -0.1) is 0 Å². The molecule has 0 aliphatic carbocycles. The van der Waals surface area contributed by atoms with Crippen molar-refractivity contribution in [2.45, 2.75) is 13.3 Å². The third-order valence-electron chi connectivity index (χ3n) is 6.45. The number of benzene rings is 2. The van der Waals surface area contributed by atoms with Crippen LogP contribution in [0.1, 0.15) is 17.0 Å². The van der Waals surface area contributed by atoms with E-state index in [0.29, 0.717) is 18.7 Å². The van der Waals surface area contributed by atoms with E-state index in [1.807, 2.05) is 66.3 Å². The third kappa shape index (κ3) is 4.26. The number of hydrogen-bond donors (Lipinski definition) is 1. The van der Waals surface area contributed by atoms with Crippen LogP contribution in [-0.2, 0) is 6.42 Å². The van der Waals surface area contributed by atoms with Crippen molar-refractivity contribution in [1.82, 2.24) is 24.7 Å². The number of anilines is 1. The Kier molecular flexibility index (Phi) is 5.75. The van der Waals surface area contributed by atoms with E-state index >= 15 is 0 Å². The average Bonchev–Trinajstić information content (AvgIpc) is 3.30. The van der Waals surface area contributed by atoms with Gasteiger partial charge in [0.15, 0.2) is 0 Å². The van der Waals surface area contributed by atoms with E-state index in [2.05, 4.69) is 50.6 Å². The number of fused-ring (bicyclic) bond motifs is 2. The number of aromatic nitrogens is 5. The predicted octanol–water partition coefficient (Wildman–Crippen LogP) is 5.87. The Bertz CT molecular complexity index is 1780. The number of rotatable bonds is 6. The maximum absolute atomic E-state index is 9.64. The van der Waals surface area contributed by atoms with Gasteiger partial charge in [-0.25, -0.2) is 14.6 Å². The molecule has 178 valence electrons. The molecule has 0 amide bonds. The number of hydrogen-bond acceptors (Lipinski definition) is 6. The first-order chi connectivity index (χ1) is 18.2. The SMILES string of the molecule is Cc1nn(-c2cnc(C#N)c(CCNc3ccccn3)c2)c2cccc(-c3cnc4ccccc4c3)c12. The van der Waals surface area contributed by atoms with Crippen molar-refractivity contribution in [1.29, 1.82) is 5.26 Å². The van der Waals surface area contributed by atoms with Crippen LogP contribution in [-0.4, -0.2) is 31.3 Å². The summed E-state index contributed by atoms with van der Waals surface area (Å²) in [6.07, 6.45) is 6.01. The number of aryl methyl sites for hydroxylation is 1. The van der Waals surface area contributed by atoms with Crippen molar-refractivity contribution in [3.8, 4) is 22.9 Å². The molecule has 0 atom stereocenters. The smallest absolute Gasteiger partial charge is 0.143 e. The Morgan fingerprint density at radius 2 is 1.81 bits per heavy atom. The highest BCUT2D eigenvalue weighted by Gasteiger charge is 2.16. The molecule has 6 rings (SSSR count). The van der Waals surface area contributed by atoms with E-state index in [9.17, 15) is 5.26 Å². The zero-order valence-corrected chi connectivity index (χ0v) is 20.3. The summed E-state index contributed by atoms with van der Waals surface area (Å²) in [5.74, 6) is 0.800. The molecule has 2 aromatic carbocycles. The quantitative estimate of drug-likeness (QED) is 0.320. The molecule has 0 aliphatic heterocycles. The first-order valence-electron chi connectivity index (χ1n) is 12.1. The van der Waals surface area contributed by atoms with E-state index in [1.54, 1.807) is 12.4 Å². The monoisotopic (exact) mass is 481 g/mol. The third-order valence-corrected chi connectivity index (χ3v) is 6.45. The molecular weight excluding hydrogens is 458 g/mol. The minimum atomic E-state index is 0.419. The molecule has 37 heavy (non-hydrogen) atoms. The lowest BCUT2D eigenvalue weighted by atomic mass is 10.0. The second-order valence-electron chi connectivity index (χ2n) is 8.82. The van der Waals surface area contributed by atoms with Crippen LogP contribution in [0.5, 0.6) is 0 Å². The van der Waals surface area contributed by atoms with Crippen molar-refractivity contribution >= 4 is 27.6 Å². The summed E-state index contributed by atoms with van der Waals surface area (Å²) < 4.78 is 1.91. The highest BCUT2D eigenvalue weighted by Crippen LogP contribution is 2.33. The Hall–Kier alpha value is -5.09. The van der Waals surface area contributed by atoms with E-state index in [1.165, 1.54) is 0 Å². The summed E-state index contributed by atoms with van der Waals surface area (Å²) in [5.41, 5.74) is 7.10. The van der Waals surface area contributed by atoms with Gasteiger partial charge in [-0.1, -0.05) is 36.4 Å². The Morgan fingerprint density at radius 1 is 0.919 bits per heavy atom. The summed E-state index contributed by atoms with van der Waals surface area (Å²) in [6, 6.07) is 26.5. The van der Waals surface area contributed by atoms with E-state index in [-0.39, 0.29) is 0 Å². The van der Waals surface area contributed by atoms with Crippen LogP contribution >= 0.6 is 0 Å². The first-order valence-corrected chi connectivity index (χ1v) is 12.1. The highest BCUT2D eigenvalue weighted by atomic mass is 15.3. The number of pyridine rings is 3. The van der Waals surface area contributed by atoms with Gasteiger partial charge in [-0.3, -0.25) is 4.98 Å². The minimum absolute atomic E-state index is 0.419. The van der Waals surface area contributed by atoms with Gasteiger partial charge in [0, 0.05) is 35.3 Å². The molecule has 4 aromatic heterocycles. The minimum Gasteiger partial charge on any atom is -0.370 e. The van der Waals surface area contributed by atoms with Crippen LogP contribution in [0, 0.1) is 18.3 Å². The Labute approximate surface area is 214 Å². The van der Waals surface area contributed by atoms with Crippen LogP contribution in [0.2, 0.25) is 0 Å². The van der Waals surface area contributed by atoms with Gasteiger partial charge < -0.3 is 5.32 Å². The van der Waals surface area contributed by atoms with Gasteiger partial charge in [-0.2, -0.15) is 10.4 Å². The second kappa shape index (κ2) is 9.51. The van der Waals surface area contributed by atoms with Crippen LogP contribution < -0.4 is 5.32 Å². The average molecular weight is 482 g/mol. The normalized spacial score (nSPS) is 11.0. The molecule has 1 N–H and O–H groups in total. The molecule has 0 fully saturated rings. The molecule has 0 saturated heterocycles. The molecule has 0 bridgehead atoms. The summed E-state index contributed by atoms with van der Waals surface area (Å²) in [5, 5.41) is 20.0.